The van der Waals surface area contributed by atoms with Gasteiger partial charge in [0.05, 0.1) is 44.5 Å². The molecule has 3 aliphatic carbocycles. The summed E-state index contributed by atoms with van der Waals surface area (Å²) in [5.74, 6) is -9.48. The van der Waals surface area contributed by atoms with Gasteiger partial charge in [-0.15, -0.1) is 0 Å². The number of methoxy groups -OCH3 is 3. The second-order valence-electron chi connectivity index (χ2n) is 12.0. The molecular weight excluding hydrogens is 586 g/mol. The Bertz CT molecular complexity index is 1750. The summed E-state index contributed by atoms with van der Waals surface area (Å²) in [5, 5.41) is 21.5. The van der Waals surface area contributed by atoms with Crippen LogP contribution < -0.4 is 31.4 Å². The van der Waals surface area contributed by atoms with E-state index in [2.05, 4.69) is 0 Å². The number of primary amides is 1. The van der Waals surface area contributed by atoms with E-state index in [0.29, 0.717) is 16.9 Å². The van der Waals surface area contributed by atoms with E-state index < -0.39 is 75.6 Å². The second kappa shape index (κ2) is 10.4. The monoisotopic (exact) mass is 619 g/mol. The van der Waals surface area contributed by atoms with Gasteiger partial charge in [-0.1, -0.05) is 6.07 Å². The molecule has 3 aliphatic rings. The number of phenols is 1. The number of rotatable bonds is 6. The van der Waals surface area contributed by atoms with Crippen LogP contribution in [-0.4, -0.2) is 91.6 Å². The molecule has 2 unspecified atom stereocenters. The van der Waals surface area contributed by atoms with Crippen LogP contribution in [0.3, 0.4) is 0 Å². The molecule has 2 aromatic rings. The highest BCUT2D eigenvalue weighted by Crippen LogP contribution is 2.57. The van der Waals surface area contributed by atoms with Crippen molar-refractivity contribution in [3.05, 3.63) is 35.4 Å². The standard InChI is InChI=1S/C31H33N5O9/c1-36(2)25-22(39)19(28(33)42)26(40)30(12-32)27(41)20-21(38)18-15(10-29(20,34)11-31(25,30)35)13(6-8-16(18)37)14-7-9-17(43-3)24(45-5)23(14)44-4/h6-9,19-20,25,37H,10-11,34-35H2,1-5H3,(H2,33,42)/t19?,20?,25-,29-,30+,31-/m1/s1. The van der Waals surface area contributed by atoms with Crippen molar-refractivity contribution < 1.29 is 43.3 Å². The zero-order valence-electron chi connectivity index (χ0n) is 25.3. The normalized spacial score (nSPS) is 30.6. The number of ketones is 4. The largest absolute Gasteiger partial charge is 0.507 e. The number of phenolic OH excluding ortho intramolecular Hbond substituents is 1. The van der Waals surface area contributed by atoms with Crippen molar-refractivity contribution in [2.45, 2.75) is 30.0 Å². The summed E-state index contributed by atoms with van der Waals surface area (Å²) >= 11 is 0. The molecule has 1 amide bonds. The van der Waals surface area contributed by atoms with Crippen LogP contribution in [0.15, 0.2) is 24.3 Å². The Kier molecular flexibility index (Phi) is 7.28. The molecule has 0 radical (unpaired) electrons. The number of benzene rings is 2. The molecule has 5 rings (SSSR count). The van der Waals surface area contributed by atoms with Crippen LogP contribution in [0.1, 0.15) is 22.3 Å². The molecule has 2 fully saturated rings. The van der Waals surface area contributed by atoms with E-state index >= 15 is 0 Å². The third-order valence-corrected chi connectivity index (χ3v) is 9.47. The maximum absolute atomic E-state index is 14.5. The first-order valence-electron chi connectivity index (χ1n) is 13.9. The molecule has 0 aromatic heterocycles. The van der Waals surface area contributed by atoms with Gasteiger partial charge >= 0.3 is 0 Å². The van der Waals surface area contributed by atoms with Crippen LogP contribution in [0.2, 0.25) is 0 Å². The zero-order valence-corrected chi connectivity index (χ0v) is 25.3. The van der Waals surface area contributed by atoms with Gasteiger partial charge in [0, 0.05) is 11.1 Å². The molecule has 45 heavy (non-hydrogen) atoms. The summed E-state index contributed by atoms with van der Waals surface area (Å²) < 4.78 is 16.6. The van der Waals surface area contributed by atoms with Gasteiger partial charge < -0.3 is 36.5 Å². The van der Waals surface area contributed by atoms with Crippen LogP contribution in [0.25, 0.3) is 11.1 Å². The minimum absolute atomic E-state index is 0.240. The smallest absolute Gasteiger partial charge is 0.235 e. The molecule has 14 heteroatoms. The molecular formula is C31H33N5O9. The molecule has 6 atom stereocenters. The number of nitriles is 1. The number of nitrogens with zero attached hydrogens (tertiary/aromatic N) is 2. The van der Waals surface area contributed by atoms with Crippen LogP contribution in [0, 0.1) is 28.6 Å². The molecule has 0 saturated heterocycles. The highest BCUT2D eigenvalue weighted by Gasteiger charge is 2.78. The van der Waals surface area contributed by atoms with Crippen molar-refractivity contribution in [1.29, 1.82) is 5.26 Å². The summed E-state index contributed by atoms with van der Waals surface area (Å²) in [4.78, 5) is 70.0. The summed E-state index contributed by atoms with van der Waals surface area (Å²) in [6.07, 6.45) is -0.771. The number of carbonyl (C=O) groups is 5. The lowest BCUT2D eigenvalue weighted by atomic mass is 9.42. The fourth-order valence-corrected chi connectivity index (χ4v) is 7.77. The van der Waals surface area contributed by atoms with Crippen LogP contribution in [-0.2, 0) is 25.6 Å². The number of carbonyl (C=O) groups excluding carboxylic acids is 5. The highest BCUT2D eigenvalue weighted by atomic mass is 16.5. The molecule has 236 valence electrons. The SMILES string of the molecule is COc1ccc(-c2ccc(O)c3c2C[C@@]2(N)C[C@@]4(N)[C@H](N(C)C)C(=O)C(C(N)=O)C(=O)[C@@]4(C#N)C(=O)C2C3=O)c(OC)c1OC. The fourth-order valence-electron chi connectivity index (χ4n) is 7.77. The van der Waals surface area contributed by atoms with Crippen LogP contribution in [0.4, 0.5) is 0 Å². The first-order chi connectivity index (χ1) is 21.1. The van der Waals surface area contributed by atoms with Gasteiger partial charge in [-0.3, -0.25) is 28.9 Å². The van der Waals surface area contributed by atoms with Crippen molar-refractivity contribution in [2.75, 3.05) is 35.4 Å². The predicted octanol–water partition coefficient (Wildman–Crippen LogP) is -0.499. The van der Waals surface area contributed by atoms with Crippen molar-refractivity contribution in [3.63, 3.8) is 0 Å². The summed E-state index contributed by atoms with van der Waals surface area (Å²) in [5.41, 5.74) is 13.2. The summed E-state index contributed by atoms with van der Waals surface area (Å²) in [6, 6.07) is 6.28. The summed E-state index contributed by atoms with van der Waals surface area (Å²) in [7, 11) is 7.16. The third-order valence-electron chi connectivity index (χ3n) is 9.47. The molecule has 0 heterocycles. The first kappa shape index (κ1) is 31.6. The van der Waals surface area contributed by atoms with Gasteiger partial charge in [0.2, 0.25) is 11.7 Å². The Hall–Kier alpha value is -4.84. The van der Waals surface area contributed by atoms with Gasteiger partial charge in [0.15, 0.2) is 46.0 Å². The quantitative estimate of drug-likeness (QED) is 0.299. The van der Waals surface area contributed by atoms with Gasteiger partial charge in [-0.25, -0.2) is 0 Å². The van der Waals surface area contributed by atoms with E-state index in [1.165, 1.54) is 46.4 Å². The topological polar surface area (TPSA) is 238 Å². The number of fused-ring (bicyclic) bond motifs is 3. The number of Topliss-reactive ketones (excluding diaryl/α,β-unsaturated/α-hetero) is 4. The van der Waals surface area contributed by atoms with Crippen molar-refractivity contribution >= 4 is 29.0 Å². The van der Waals surface area contributed by atoms with Crippen molar-refractivity contribution in [3.8, 4) is 40.2 Å². The van der Waals surface area contributed by atoms with E-state index in [1.54, 1.807) is 24.3 Å². The number of nitrogens with two attached hydrogens (primary N) is 3. The lowest BCUT2D eigenvalue weighted by Gasteiger charge is -2.60. The van der Waals surface area contributed by atoms with Crippen LogP contribution in [0.5, 0.6) is 23.0 Å². The minimum Gasteiger partial charge on any atom is -0.507 e. The molecule has 0 spiro atoms. The van der Waals surface area contributed by atoms with E-state index in [4.69, 9.17) is 31.4 Å². The average molecular weight is 620 g/mol. The number of likely N-dealkylation sites (N-methyl/N-ethyl adjacent to an activating group) is 1. The minimum atomic E-state index is -2.82. The van der Waals surface area contributed by atoms with Gasteiger partial charge in [0.25, 0.3) is 0 Å². The molecule has 0 aliphatic heterocycles. The van der Waals surface area contributed by atoms with Gasteiger partial charge in [-0.2, -0.15) is 5.26 Å². The molecule has 14 nitrogen and oxygen atoms in total. The van der Waals surface area contributed by atoms with E-state index in [0.717, 1.165) is 0 Å². The molecule has 7 N–H and O–H groups in total. The highest BCUT2D eigenvalue weighted by molar-refractivity contribution is 6.33. The second-order valence-corrected chi connectivity index (χ2v) is 12.0. The maximum Gasteiger partial charge on any atom is 0.235 e. The van der Waals surface area contributed by atoms with E-state index in [9.17, 15) is 34.3 Å². The number of hydrogen-bond donors (Lipinski definition) is 4. The number of ether oxygens (including phenoxy) is 3. The molecule has 2 saturated carbocycles. The lowest BCUT2D eigenvalue weighted by molar-refractivity contribution is -0.166. The van der Waals surface area contributed by atoms with Crippen LogP contribution >= 0.6 is 0 Å². The van der Waals surface area contributed by atoms with E-state index in [-0.39, 0.29) is 29.0 Å². The number of hydrogen-bond acceptors (Lipinski definition) is 13. The Morgan fingerprint density at radius 1 is 0.978 bits per heavy atom. The first-order valence-corrected chi connectivity index (χ1v) is 13.9. The molecule has 0 bridgehead atoms. The Balaban J connectivity index is 1.79. The Labute approximate surface area is 258 Å². The summed E-state index contributed by atoms with van der Waals surface area (Å²) in [6.45, 7) is 0. The number of aromatic hydroxyl groups is 1. The predicted molar refractivity (Wildman–Crippen MR) is 156 cm³/mol. The van der Waals surface area contributed by atoms with Gasteiger partial charge in [0.1, 0.15) is 11.7 Å². The zero-order chi connectivity index (χ0) is 33.4. The Morgan fingerprint density at radius 2 is 1.60 bits per heavy atom. The number of amides is 1. The fraction of sp³-hybridized carbons (Fsp3) is 0.419. The van der Waals surface area contributed by atoms with Crippen molar-refractivity contribution in [1.82, 2.24) is 4.90 Å². The third kappa shape index (κ3) is 3.87. The van der Waals surface area contributed by atoms with Crippen molar-refractivity contribution in [2.24, 2.45) is 34.5 Å². The lowest BCUT2D eigenvalue weighted by Crippen LogP contribution is -2.85. The van der Waals surface area contributed by atoms with Gasteiger partial charge in [-0.05, 0) is 56.3 Å². The maximum atomic E-state index is 14.5. The van der Waals surface area contributed by atoms with E-state index in [1.807, 2.05) is 0 Å². The molecule has 2 aromatic carbocycles. The Morgan fingerprint density at radius 3 is 2.13 bits per heavy atom. The average Bonchev–Trinajstić information content (AvgIpc) is 2.95.